The first-order chi connectivity index (χ1) is 9.54. The van der Waals surface area contributed by atoms with Crippen LogP contribution in [0.15, 0.2) is 46.9 Å². The van der Waals surface area contributed by atoms with Gasteiger partial charge in [0, 0.05) is 10.9 Å². The van der Waals surface area contributed by atoms with Crippen LogP contribution in [0.3, 0.4) is 0 Å². The Hall–Kier alpha value is -2.20. The van der Waals surface area contributed by atoms with Crippen molar-refractivity contribution in [2.24, 2.45) is 5.73 Å². The van der Waals surface area contributed by atoms with Crippen molar-refractivity contribution in [1.82, 2.24) is 0 Å². The summed E-state index contributed by atoms with van der Waals surface area (Å²) in [5.41, 5.74) is 7.75. The van der Waals surface area contributed by atoms with Gasteiger partial charge >= 0.3 is 0 Å². The van der Waals surface area contributed by atoms with Crippen molar-refractivity contribution in [1.29, 1.82) is 0 Å². The normalized spacial score (nSPS) is 12.8. The fourth-order valence-corrected chi connectivity index (χ4v) is 2.23. The third-order valence-corrected chi connectivity index (χ3v) is 3.29. The molecule has 1 unspecified atom stereocenters. The minimum atomic E-state index is -0.717. The number of furan rings is 1. The summed E-state index contributed by atoms with van der Waals surface area (Å²) >= 11 is 0. The molecule has 2 aromatic carbocycles. The zero-order chi connectivity index (χ0) is 14.3. The topological polar surface area (TPSA) is 39.2 Å². The van der Waals surface area contributed by atoms with E-state index in [0.717, 1.165) is 5.56 Å². The van der Waals surface area contributed by atoms with Crippen LogP contribution >= 0.6 is 0 Å². The van der Waals surface area contributed by atoms with Gasteiger partial charge in [0.05, 0.1) is 6.04 Å². The number of benzene rings is 2. The van der Waals surface area contributed by atoms with Crippen molar-refractivity contribution in [3.05, 3.63) is 71.0 Å². The van der Waals surface area contributed by atoms with Gasteiger partial charge in [-0.1, -0.05) is 12.1 Å². The minimum Gasteiger partial charge on any atom is -0.459 e. The van der Waals surface area contributed by atoms with Gasteiger partial charge in [0.15, 0.2) is 0 Å². The number of aryl methyl sites for hydroxylation is 1. The van der Waals surface area contributed by atoms with Crippen molar-refractivity contribution in [2.45, 2.75) is 13.0 Å². The second kappa shape index (κ2) is 4.72. The summed E-state index contributed by atoms with van der Waals surface area (Å²) in [4.78, 5) is 0. The minimum absolute atomic E-state index is 0.347. The Morgan fingerprint density at radius 1 is 1.05 bits per heavy atom. The maximum absolute atomic E-state index is 13.9. The molecule has 2 N–H and O–H groups in total. The molecule has 0 aliphatic rings. The van der Waals surface area contributed by atoms with E-state index in [1.807, 2.05) is 6.92 Å². The Balaban J connectivity index is 2.05. The lowest BCUT2D eigenvalue weighted by molar-refractivity contribution is 0.509. The van der Waals surface area contributed by atoms with E-state index in [9.17, 15) is 8.78 Å². The largest absolute Gasteiger partial charge is 0.459 e. The van der Waals surface area contributed by atoms with Gasteiger partial charge in [-0.2, -0.15) is 0 Å². The highest BCUT2D eigenvalue weighted by Crippen LogP contribution is 2.28. The van der Waals surface area contributed by atoms with E-state index >= 15 is 0 Å². The van der Waals surface area contributed by atoms with Gasteiger partial charge < -0.3 is 10.2 Å². The predicted octanol–water partition coefficient (Wildman–Crippen LogP) is 4.07. The Bertz CT molecular complexity index is 779. The lowest BCUT2D eigenvalue weighted by Gasteiger charge is -2.10. The summed E-state index contributed by atoms with van der Waals surface area (Å²) in [5, 5.41) is 0.614. The molecule has 0 spiro atoms. The maximum Gasteiger partial charge on any atom is 0.134 e. The van der Waals surface area contributed by atoms with Gasteiger partial charge in [-0.3, -0.25) is 0 Å². The van der Waals surface area contributed by atoms with Gasteiger partial charge in [-0.15, -0.1) is 0 Å². The molecule has 0 radical (unpaired) electrons. The van der Waals surface area contributed by atoms with Crippen molar-refractivity contribution in [2.75, 3.05) is 0 Å². The van der Waals surface area contributed by atoms with E-state index < -0.39 is 6.04 Å². The highest BCUT2D eigenvalue weighted by Gasteiger charge is 2.18. The van der Waals surface area contributed by atoms with Crippen molar-refractivity contribution in [3.63, 3.8) is 0 Å². The highest BCUT2D eigenvalue weighted by molar-refractivity contribution is 5.78. The van der Waals surface area contributed by atoms with Gasteiger partial charge in [0.1, 0.15) is 23.0 Å². The van der Waals surface area contributed by atoms with Crippen LogP contribution in [-0.4, -0.2) is 0 Å². The molecule has 1 aromatic heterocycles. The smallest absolute Gasteiger partial charge is 0.134 e. The van der Waals surface area contributed by atoms with Crippen LogP contribution < -0.4 is 5.73 Å². The number of hydrogen-bond donors (Lipinski definition) is 1. The molecule has 4 heteroatoms. The number of halogens is 2. The molecule has 20 heavy (non-hydrogen) atoms. The molecule has 0 bridgehead atoms. The molecule has 0 aliphatic heterocycles. The molecule has 0 amide bonds. The van der Waals surface area contributed by atoms with Crippen molar-refractivity contribution >= 4 is 11.0 Å². The summed E-state index contributed by atoms with van der Waals surface area (Å²) in [5.74, 6) is -0.308. The number of rotatable bonds is 2. The molecule has 0 fully saturated rings. The van der Waals surface area contributed by atoms with E-state index in [1.165, 1.54) is 24.3 Å². The molecule has 102 valence electrons. The first kappa shape index (κ1) is 12.8. The maximum atomic E-state index is 13.9. The van der Waals surface area contributed by atoms with E-state index in [-0.39, 0.29) is 11.6 Å². The zero-order valence-electron chi connectivity index (χ0n) is 10.9. The molecule has 0 saturated heterocycles. The average Bonchev–Trinajstić information content (AvgIpc) is 2.81. The molecule has 0 saturated carbocycles. The standard InChI is InChI=1S/C16H13F2NO/c1-9-2-4-12(13(18)6-9)16(19)15-8-10-7-11(17)3-5-14(10)20-15/h2-8,16H,19H2,1H3. The van der Waals surface area contributed by atoms with Gasteiger partial charge in [-0.05, 0) is 42.8 Å². The fourth-order valence-electron chi connectivity index (χ4n) is 2.23. The molecular formula is C16H13F2NO. The molecular weight excluding hydrogens is 260 g/mol. The lowest BCUT2D eigenvalue weighted by Crippen LogP contribution is -2.12. The molecule has 1 heterocycles. The number of fused-ring (bicyclic) bond motifs is 1. The van der Waals surface area contributed by atoms with E-state index in [2.05, 4.69) is 0 Å². The monoisotopic (exact) mass is 273 g/mol. The van der Waals surface area contributed by atoms with Crippen LogP contribution in [0, 0.1) is 18.6 Å². The average molecular weight is 273 g/mol. The Morgan fingerprint density at radius 2 is 1.85 bits per heavy atom. The Kier molecular flexibility index (Phi) is 3.03. The van der Waals surface area contributed by atoms with E-state index in [1.54, 1.807) is 18.2 Å². The summed E-state index contributed by atoms with van der Waals surface area (Å²) in [6, 6.07) is 10.00. The summed E-state index contributed by atoms with van der Waals surface area (Å²) in [6.45, 7) is 1.81. The van der Waals surface area contributed by atoms with Crippen LogP contribution in [0.4, 0.5) is 8.78 Å². The van der Waals surface area contributed by atoms with Crippen LogP contribution in [0.25, 0.3) is 11.0 Å². The molecule has 3 rings (SSSR count). The van der Waals surface area contributed by atoms with Crippen LogP contribution in [0.2, 0.25) is 0 Å². The second-order valence-corrected chi connectivity index (χ2v) is 4.83. The van der Waals surface area contributed by atoms with Crippen molar-refractivity contribution < 1.29 is 13.2 Å². The number of hydrogen-bond acceptors (Lipinski definition) is 2. The highest BCUT2D eigenvalue weighted by atomic mass is 19.1. The summed E-state index contributed by atoms with van der Waals surface area (Å²) in [6.07, 6.45) is 0. The van der Waals surface area contributed by atoms with Crippen LogP contribution in [-0.2, 0) is 0 Å². The van der Waals surface area contributed by atoms with Gasteiger partial charge in [0.25, 0.3) is 0 Å². The second-order valence-electron chi connectivity index (χ2n) is 4.83. The molecule has 0 aliphatic carbocycles. The lowest BCUT2D eigenvalue weighted by atomic mass is 10.0. The Morgan fingerprint density at radius 3 is 2.60 bits per heavy atom. The molecule has 2 nitrogen and oxygen atoms in total. The zero-order valence-corrected chi connectivity index (χ0v) is 10.9. The fraction of sp³-hybridized carbons (Fsp3) is 0.125. The summed E-state index contributed by atoms with van der Waals surface area (Å²) in [7, 11) is 0. The Labute approximate surface area is 114 Å². The number of nitrogens with two attached hydrogens (primary N) is 1. The first-order valence-corrected chi connectivity index (χ1v) is 6.25. The summed E-state index contributed by atoms with van der Waals surface area (Å²) < 4.78 is 32.6. The van der Waals surface area contributed by atoms with E-state index in [4.69, 9.17) is 10.2 Å². The van der Waals surface area contributed by atoms with E-state index in [0.29, 0.717) is 22.3 Å². The molecule has 3 aromatic rings. The third-order valence-electron chi connectivity index (χ3n) is 3.29. The van der Waals surface area contributed by atoms with Gasteiger partial charge in [0.2, 0.25) is 0 Å². The SMILES string of the molecule is Cc1ccc(C(N)c2cc3cc(F)ccc3o2)c(F)c1. The third kappa shape index (κ3) is 2.18. The van der Waals surface area contributed by atoms with Crippen molar-refractivity contribution in [3.8, 4) is 0 Å². The van der Waals surface area contributed by atoms with Crippen LogP contribution in [0.5, 0.6) is 0 Å². The van der Waals surface area contributed by atoms with Gasteiger partial charge in [-0.25, -0.2) is 8.78 Å². The quantitative estimate of drug-likeness (QED) is 0.764. The first-order valence-electron chi connectivity index (χ1n) is 6.25. The predicted molar refractivity (Wildman–Crippen MR) is 73.3 cm³/mol. The molecule has 1 atom stereocenters. The van der Waals surface area contributed by atoms with Crippen LogP contribution in [0.1, 0.15) is 22.9 Å².